The molecule has 4 nitrogen and oxygen atoms in total. The number of aryl methyl sites for hydroxylation is 2. The van der Waals surface area contributed by atoms with E-state index >= 15 is 0 Å². The molecular weight excluding hydrogens is 347 g/mol. The third kappa shape index (κ3) is 4.49. The SMILES string of the molecule is Cc1ccc(C)c(OCC(=O)N/N=C/c2cccc(Cl)c2Cl)c1C. The maximum atomic E-state index is 11.9. The van der Waals surface area contributed by atoms with E-state index in [1.54, 1.807) is 18.2 Å². The van der Waals surface area contributed by atoms with Crippen LogP contribution in [0.15, 0.2) is 35.4 Å². The molecule has 0 aliphatic rings. The molecule has 0 aliphatic heterocycles. The predicted octanol–water partition coefficient (Wildman–Crippen LogP) is 4.45. The van der Waals surface area contributed by atoms with E-state index in [0.29, 0.717) is 15.6 Å². The van der Waals surface area contributed by atoms with Gasteiger partial charge in [0.15, 0.2) is 6.61 Å². The summed E-state index contributed by atoms with van der Waals surface area (Å²) in [6.07, 6.45) is 1.44. The third-order valence-corrected chi connectivity index (χ3v) is 4.43. The van der Waals surface area contributed by atoms with Crippen LogP contribution in [0, 0.1) is 20.8 Å². The highest BCUT2D eigenvalue weighted by molar-refractivity contribution is 6.43. The molecule has 2 aromatic rings. The van der Waals surface area contributed by atoms with Crippen molar-refractivity contribution in [2.45, 2.75) is 20.8 Å². The Kier molecular flexibility index (Phi) is 6.23. The largest absolute Gasteiger partial charge is 0.483 e. The first-order valence-electron chi connectivity index (χ1n) is 7.35. The van der Waals surface area contributed by atoms with Crippen LogP contribution in [0.25, 0.3) is 0 Å². The van der Waals surface area contributed by atoms with Crippen molar-refractivity contribution in [2.24, 2.45) is 5.10 Å². The lowest BCUT2D eigenvalue weighted by atomic mass is 10.1. The van der Waals surface area contributed by atoms with Crippen LogP contribution >= 0.6 is 23.2 Å². The molecule has 1 amide bonds. The molecule has 0 saturated carbocycles. The summed E-state index contributed by atoms with van der Waals surface area (Å²) in [7, 11) is 0. The number of carbonyl (C=O) groups is 1. The number of benzene rings is 2. The molecule has 24 heavy (non-hydrogen) atoms. The van der Waals surface area contributed by atoms with Crippen LogP contribution in [0.2, 0.25) is 10.0 Å². The highest BCUT2D eigenvalue weighted by Gasteiger charge is 2.09. The van der Waals surface area contributed by atoms with Crippen molar-refractivity contribution in [3.05, 3.63) is 62.6 Å². The van der Waals surface area contributed by atoms with Gasteiger partial charge in [0, 0.05) is 5.56 Å². The molecule has 0 saturated heterocycles. The molecule has 2 aromatic carbocycles. The zero-order valence-electron chi connectivity index (χ0n) is 13.7. The monoisotopic (exact) mass is 364 g/mol. The molecule has 1 N–H and O–H groups in total. The average Bonchev–Trinajstić information content (AvgIpc) is 2.55. The minimum Gasteiger partial charge on any atom is -0.483 e. The lowest BCUT2D eigenvalue weighted by Gasteiger charge is -2.13. The Morgan fingerprint density at radius 3 is 2.62 bits per heavy atom. The summed E-state index contributed by atoms with van der Waals surface area (Å²) in [5.41, 5.74) is 6.15. The first-order chi connectivity index (χ1) is 11.4. The van der Waals surface area contributed by atoms with Crippen molar-refractivity contribution in [1.29, 1.82) is 0 Å². The Morgan fingerprint density at radius 1 is 1.17 bits per heavy atom. The number of hydrazone groups is 1. The van der Waals surface area contributed by atoms with Gasteiger partial charge in [-0.2, -0.15) is 5.10 Å². The molecule has 126 valence electrons. The molecule has 0 aliphatic carbocycles. The van der Waals surface area contributed by atoms with Crippen molar-refractivity contribution >= 4 is 35.3 Å². The molecular formula is C18H18Cl2N2O2. The summed E-state index contributed by atoms with van der Waals surface area (Å²) in [6.45, 7) is 5.79. The number of amides is 1. The fourth-order valence-electron chi connectivity index (χ4n) is 2.11. The highest BCUT2D eigenvalue weighted by atomic mass is 35.5. The van der Waals surface area contributed by atoms with Gasteiger partial charge in [0.2, 0.25) is 0 Å². The molecule has 0 bridgehead atoms. The number of ether oxygens (including phenoxy) is 1. The van der Waals surface area contributed by atoms with Crippen LogP contribution in [0.5, 0.6) is 5.75 Å². The molecule has 0 aromatic heterocycles. The summed E-state index contributed by atoms with van der Waals surface area (Å²) < 4.78 is 5.62. The van der Waals surface area contributed by atoms with Gasteiger partial charge in [-0.25, -0.2) is 5.43 Å². The minimum atomic E-state index is -0.357. The quantitative estimate of drug-likeness (QED) is 0.629. The van der Waals surface area contributed by atoms with Crippen LogP contribution in [-0.2, 0) is 4.79 Å². The molecule has 0 unspecified atom stereocenters. The van der Waals surface area contributed by atoms with Crippen LogP contribution < -0.4 is 10.2 Å². The third-order valence-electron chi connectivity index (χ3n) is 3.60. The summed E-state index contributed by atoms with van der Waals surface area (Å²) >= 11 is 12.0. The standard InChI is InChI=1S/C18H18Cl2N2O2/c1-11-7-8-12(2)18(13(11)3)24-10-16(23)22-21-9-14-5-4-6-15(19)17(14)20/h4-9H,10H2,1-3H3,(H,22,23)/b21-9+. The Morgan fingerprint density at radius 2 is 1.88 bits per heavy atom. The zero-order valence-corrected chi connectivity index (χ0v) is 15.2. The fraction of sp³-hybridized carbons (Fsp3) is 0.222. The fourth-order valence-corrected chi connectivity index (χ4v) is 2.47. The van der Waals surface area contributed by atoms with Crippen LogP contribution in [0.3, 0.4) is 0 Å². The van der Waals surface area contributed by atoms with Gasteiger partial charge in [-0.15, -0.1) is 0 Å². The second-order valence-electron chi connectivity index (χ2n) is 5.38. The van der Waals surface area contributed by atoms with Crippen LogP contribution in [0.1, 0.15) is 22.3 Å². The Hall–Kier alpha value is -2.04. The Bertz CT molecular complexity index is 789. The van der Waals surface area contributed by atoms with Gasteiger partial charge in [-0.1, -0.05) is 47.5 Å². The molecule has 0 fully saturated rings. The highest BCUT2D eigenvalue weighted by Crippen LogP contribution is 2.25. The van der Waals surface area contributed by atoms with Crippen molar-refractivity contribution in [3.8, 4) is 5.75 Å². The van der Waals surface area contributed by atoms with E-state index in [1.807, 2.05) is 32.9 Å². The normalized spacial score (nSPS) is 10.9. The number of halogens is 2. The molecule has 0 atom stereocenters. The maximum Gasteiger partial charge on any atom is 0.277 e. The predicted molar refractivity (Wildman–Crippen MR) is 98.3 cm³/mol. The summed E-state index contributed by atoms with van der Waals surface area (Å²) in [5, 5.41) is 4.69. The van der Waals surface area contributed by atoms with E-state index in [2.05, 4.69) is 10.5 Å². The first kappa shape index (κ1) is 18.3. The second-order valence-corrected chi connectivity index (χ2v) is 6.16. The van der Waals surface area contributed by atoms with Crippen molar-refractivity contribution in [3.63, 3.8) is 0 Å². The summed E-state index contributed by atoms with van der Waals surface area (Å²) in [5.74, 6) is 0.372. The maximum absolute atomic E-state index is 11.9. The topological polar surface area (TPSA) is 50.7 Å². The number of nitrogens with one attached hydrogen (secondary N) is 1. The Balaban J connectivity index is 1.94. The number of carbonyl (C=O) groups excluding carboxylic acids is 1. The zero-order chi connectivity index (χ0) is 17.7. The Labute approximate surface area is 151 Å². The first-order valence-corrected chi connectivity index (χ1v) is 8.11. The molecule has 6 heteroatoms. The van der Waals surface area contributed by atoms with E-state index in [9.17, 15) is 4.79 Å². The van der Waals surface area contributed by atoms with E-state index in [1.165, 1.54) is 6.21 Å². The van der Waals surface area contributed by atoms with Crippen molar-refractivity contribution in [2.75, 3.05) is 6.61 Å². The summed E-state index contributed by atoms with van der Waals surface area (Å²) in [4.78, 5) is 11.9. The van der Waals surface area contributed by atoms with Crippen LogP contribution in [-0.4, -0.2) is 18.7 Å². The van der Waals surface area contributed by atoms with Gasteiger partial charge < -0.3 is 4.74 Å². The van der Waals surface area contributed by atoms with Crippen molar-refractivity contribution < 1.29 is 9.53 Å². The van der Waals surface area contributed by atoms with Crippen molar-refractivity contribution in [1.82, 2.24) is 5.43 Å². The second kappa shape index (κ2) is 8.18. The average molecular weight is 365 g/mol. The van der Waals surface area contributed by atoms with Gasteiger partial charge in [0.05, 0.1) is 16.3 Å². The number of hydrogen-bond donors (Lipinski definition) is 1. The minimum absolute atomic E-state index is 0.119. The van der Waals surface area contributed by atoms with E-state index in [-0.39, 0.29) is 12.5 Å². The lowest BCUT2D eigenvalue weighted by molar-refractivity contribution is -0.123. The van der Waals surface area contributed by atoms with Gasteiger partial charge in [-0.3, -0.25) is 4.79 Å². The van der Waals surface area contributed by atoms with Gasteiger partial charge in [0.25, 0.3) is 5.91 Å². The van der Waals surface area contributed by atoms with Gasteiger partial charge in [0.1, 0.15) is 5.75 Å². The number of hydrogen-bond acceptors (Lipinski definition) is 3. The molecule has 2 rings (SSSR count). The summed E-state index contributed by atoms with van der Waals surface area (Å²) in [6, 6.07) is 9.18. The van der Waals surface area contributed by atoms with Gasteiger partial charge in [-0.05, 0) is 43.5 Å². The molecule has 0 radical (unpaired) electrons. The number of nitrogens with zero attached hydrogens (tertiary/aromatic N) is 1. The smallest absolute Gasteiger partial charge is 0.277 e. The lowest BCUT2D eigenvalue weighted by Crippen LogP contribution is -2.25. The van der Waals surface area contributed by atoms with E-state index < -0.39 is 0 Å². The van der Waals surface area contributed by atoms with E-state index in [4.69, 9.17) is 27.9 Å². The van der Waals surface area contributed by atoms with E-state index in [0.717, 1.165) is 22.4 Å². The molecule has 0 spiro atoms. The van der Waals surface area contributed by atoms with Crippen LogP contribution in [0.4, 0.5) is 0 Å². The number of rotatable bonds is 5. The molecule has 0 heterocycles. The van der Waals surface area contributed by atoms with Gasteiger partial charge >= 0.3 is 0 Å².